The molecule has 0 radical (unpaired) electrons. The Balaban J connectivity index is 2.68. The molecule has 1 saturated heterocycles. The number of piperidine rings is 1. The van der Waals surface area contributed by atoms with Crippen LogP contribution in [0.5, 0.6) is 0 Å². The Morgan fingerprint density at radius 3 is 2.67 bits per heavy atom. The SMILES string of the molecule is CC1CN(C(=O)C(C)(C)C#N)CCC1O. The summed E-state index contributed by atoms with van der Waals surface area (Å²) < 4.78 is 0. The highest BCUT2D eigenvalue weighted by Crippen LogP contribution is 2.23. The molecule has 0 spiro atoms. The van der Waals surface area contributed by atoms with Crippen molar-refractivity contribution in [3.05, 3.63) is 0 Å². The van der Waals surface area contributed by atoms with Crippen LogP contribution in [-0.4, -0.2) is 35.1 Å². The Morgan fingerprint density at radius 2 is 2.20 bits per heavy atom. The Morgan fingerprint density at radius 1 is 1.60 bits per heavy atom. The minimum atomic E-state index is -0.956. The number of nitriles is 1. The van der Waals surface area contributed by atoms with E-state index in [-0.39, 0.29) is 17.9 Å². The van der Waals surface area contributed by atoms with Crippen LogP contribution in [0.3, 0.4) is 0 Å². The summed E-state index contributed by atoms with van der Waals surface area (Å²) in [6, 6.07) is 2.01. The molecule has 0 saturated carbocycles. The van der Waals surface area contributed by atoms with Crippen LogP contribution in [0, 0.1) is 22.7 Å². The first-order valence-electron chi connectivity index (χ1n) is 5.27. The molecule has 15 heavy (non-hydrogen) atoms. The number of hydrogen-bond acceptors (Lipinski definition) is 3. The Kier molecular flexibility index (Phi) is 3.35. The zero-order chi connectivity index (χ0) is 11.6. The van der Waals surface area contributed by atoms with Crippen molar-refractivity contribution in [2.24, 2.45) is 11.3 Å². The average Bonchev–Trinajstić information content (AvgIpc) is 2.21. The van der Waals surface area contributed by atoms with E-state index in [0.717, 1.165) is 0 Å². The number of amides is 1. The maximum Gasteiger partial charge on any atom is 0.242 e. The molecule has 0 aromatic heterocycles. The monoisotopic (exact) mass is 210 g/mol. The molecule has 1 fully saturated rings. The van der Waals surface area contributed by atoms with Crippen molar-refractivity contribution in [1.82, 2.24) is 4.90 Å². The van der Waals surface area contributed by atoms with E-state index in [1.807, 2.05) is 13.0 Å². The van der Waals surface area contributed by atoms with Gasteiger partial charge >= 0.3 is 0 Å². The van der Waals surface area contributed by atoms with Crippen LogP contribution in [-0.2, 0) is 4.79 Å². The summed E-state index contributed by atoms with van der Waals surface area (Å²) in [7, 11) is 0. The lowest BCUT2D eigenvalue weighted by atomic mass is 9.90. The van der Waals surface area contributed by atoms with Gasteiger partial charge in [-0.15, -0.1) is 0 Å². The molecule has 84 valence electrons. The number of hydrogen-bond donors (Lipinski definition) is 1. The zero-order valence-corrected chi connectivity index (χ0v) is 9.53. The highest BCUT2D eigenvalue weighted by Gasteiger charge is 2.35. The lowest BCUT2D eigenvalue weighted by Crippen LogP contribution is -2.49. The molecule has 0 aromatic rings. The molecule has 0 aromatic carbocycles. The molecule has 1 heterocycles. The van der Waals surface area contributed by atoms with Gasteiger partial charge in [0.05, 0.1) is 12.2 Å². The van der Waals surface area contributed by atoms with Gasteiger partial charge in [-0.25, -0.2) is 0 Å². The summed E-state index contributed by atoms with van der Waals surface area (Å²) >= 11 is 0. The highest BCUT2D eigenvalue weighted by atomic mass is 16.3. The number of carbonyl (C=O) groups excluding carboxylic acids is 1. The van der Waals surface area contributed by atoms with Gasteiger partial charge in [-0.3, -0.25) is 4.79 Å². The fraction of sp³-hybridized carbons (Fsp3) is 0.818. The van der Waals surface area contributed by atoms with Crippen molar-refractivity contribution < 1.29 is 9.90 Å². The molecule has 4 nitrogen and oxygen atoms in total. The van der Waals surface area contributed by atoms with Crippen LogP contribution in [0.1, 0.15) is 27.2 Å². The molecule has 2 unspecified atom stereocenters. The minimum absolute atomic E-state index is 0.0946. The van der Waals surface area contributed by atoms with Crippen molar-refractivity contribution in [2.75, 3.05) is 13.1 Å². The summed E-state index contributed by atoms with van der Waals surface area (Å²) in [5, 5.41) is 18.4. The molecule has 0 bridgehead atoms. The van der Waals surface area contributed by atoms with Gasteiger partial charge in [0.2, 0.25) is 5.91 Å². The van der Waals surface area contributed by atoms with Crippen molar-refractivity contribution in [3.63, 3.8) is 0 Å². The van der Waals surface area contributed by atoms with Crippen LogP contribution in [0.2, 0.25) is 0 Å². The molecule has 1 rings (SSSR count). The minimum Gasteiger partial charge on any atom is -0.393 e. The molecule has 2 atom stereocenters. The van der Waals surface area contributed by atoms with Crippen LogP contribution < -0.4 is 0 Å². The van der Waals surface area contributed by atoms with Crippen LogP contribution in [0.15, 0.2) is 0 Å². The Bertz CT molecular complexity index is 293. The van der Waals surface area contributed by atoms with Gasteiger partial charge in [0.25, 0.3) is 0 Å². The van der Waals surface area contributed by atoms with E-state index >= 15 is 0 Å². The van der Waals surface area contributed by atoms with Crippen molar-refractivity contribution in [2.45, 2.75) is 33.3 Å². The number of likely N-dealkylation sites (tertiary alicyclic amines) is 1. The molecule has 1 N–H and O–H groups in total. The van der Waals surface area contributed by atoms with Gasteiger partial charge in [-0.05, 0) is 26.2 Å². The normalized spacial score (nSPS) is 27.3. The standard InChI is InChI=1S/C11H18N2O2/c1-8-6-13(5-4-9(8)14)10(15)11(2,3)7-12/h8-9,14H,4-6H2,1-3H3. The number of carbonyl (C=O) groups is 1. The van der Waals surface area contributed by atoms with E-state index in [2.05, 4.69) is 0 Å². The van der Waals surface area contributed by atoms with E-state index in [9.17, 15) is 9.90 Å². The molecule has 4 heteroatoms. The van der Waals surface area contributed by atoms with Gasteiger partial charge in [0.1, 0.15) is 5.41 Å². The summed E-state index contributed by atoms with van der Waals surface area (Å²) in [4.78, 5) is 13.6. The third kappa shape index (κ3) is 2.48. The largest absolute Gasteiger partial charge is 0.393 e. The summed E-state index contributed by atoms with van der Waals surface area (Å²) in [5.74, 6) is -0.0408. The second kappa shape index (κ2) is 4.19. The molecular weight excluding hydrogens is 192 g/mol. The van der Waals surface area contributed by atoms with E-state index in [0.29, 0.717) is 19.5 Å². The van der Waals surface area contributed by atoms with Crippen molar-refractivity contribution >= 4 is 5.91 Å². The predicted octanol–water partition coefficient (Wildman–Crippen LogP) is 0.765. The number of nitrogens with zero attached hydrogens (tertiary/aromatic N) is 2. The smallest absolute Gasteiger partial charge is 0.242 e. The third-order valence-electron chi connectivity index (χ3n) is 2.96. The van der Waals surface area contributed by atoms with Gasteiger partial charge in [0.15, 0.2) is 0 Å². The molecule has 1 amide bonds. The average molecular weight is 210 g/mol. The van der Waals surface area contributed by atoms with Crippen LogP contribution >= 0.6 is 0 Å². The fourth-order valence-electron chi connectivity index (χ4n) is 1.76. The number of aliphatic hydroxyl groups is 1. The van der Waals surface area contributed by atoms with Gasteiger partial charge in [-0.1, -0.05) is 6.92 Å². The van der Waals surface area contributed by atoms with Gasteiger partial charge in [-0.2, -0.15) is 5.26 Å². The van der Waals surface area contributed by atoms with E-state index < -0.39 is 5.41 Å². The van der Waals surface area contributed by atoms with E-state index in [1.54, 1.807) is 18.7 Å². The second-order valence-corrected chi connectivity index (χ2v) is 4.82. The van der Waals surface area contributed by atoms with Crippen molar-refractivity contribution in [3.8, 4) is 6.07 Å². The van der Waals surface area contributed by atoms with Crippen molar-refractivity contribution in [1.29, 1.82) is 5.26 Å². The van der Waals surface area contributed by atoms with E-state index in [4.69, 9.17) is 5.26 Å². The topological polar surface area (TPSA) is 64.3 Å². The van der Waals surface area contributed by atoms with Crippen LogP contribution in [0.25, 0.3) is 0 Å². The first-order chi connectivity index (χ1) is 6.88. The lowest BCUT2D eigenvalue weighted by molar-refractivity contribution is -0.141. The highest BCUT2D eigenvalue weighted by molar-refractivity contribution is 5.84. The third-order valence-corrected chi connectivity index (χ3v) is 2.96. The number of aliphatic hydroxyl groups excluding tert-OH is 1. The molecule has 1 aliphatic heterocycles. The summed E-state index contributed by atoms with van der Waals surface area (Å²) in [6.45, 7) is 6.28. The Hall–Kier alpha value is -1.08. The Labute approximate surface area is 90.5 Å². The molecular formula is C11H18N2O2. The summed E-state index contributed by atoms with van der Waals surface area (Å²) in [5.41, 5.74) is -0.956. The summed E-state index contributed by atoms with van der Waals surface area (Å²) in [6.07, 6.45) is 0.285. The van der Waals surface area contributed by atoms with Crippen LogP contribution in [0.4, 0.5) is 0 Å². The maximum absolute atomic E-state index is 11.9. The molecule has 1 aliphatic rings. The zero-order valence-electron chi connectivity index (χ0n) is 9.53. The molecule has 0 aliphatic carbocycles. The van der Waals surface area contributed by atoms with Gasteiger partial charge in [0, 0.05) is 13.1 Å². The quantitative estimate of drug-likeness (QED) is 0.695. The first-order valence-corrected chi connectivity index (χ1v) is 5.27. The van der Waals surface area contributed by atoms with Gasteiger partial charge < -0.3 is 10.0 Å². The predicted molar refractivity (Wildman–Crippen MR) is 55.8 cm³/mol. The number of rotatable bonds is 1. The maximum atomic E-state index is 11.9. The first kappa shape index (κ1) is 12.0. The fourth-order valence-corrected chi connectivity index (χ4v) is 1.76. The second-order valence-electron chi connectivity index (χ2n) is 4.82. The lowest BCUT2D eigenvalue weighted by Gasteiger charge is -2.36. The van der Waals surface area contributed by atoms with E-state index in [1.165, 1.54) is 0 Å².